The quantitative estimate of drug-likeness (QED) is 0.560. The maximum absolute atomic E-state index is 14.4. The number of hydrogen-bond acceptors (Lipinski definition) is 3. The first kappa shape index (κ1) is 22.2. The minimum absolute atomic E-state index is 0.264. The van der Waals surface area contributed by atoms with E-state index < -0.39 is 11.7 Å². The number of aromatic nitrogens is 1. The maximum Gasteiger partial charge on any atom is 0.251 e. The molecule has 2 aromatic carbocycles. The van der Waals surface area contributed by atoms with Gasteiger partial charge in [0.1, 0.15) is 17.3 Å². The molecule has 1 atom stereocenters. The van der Waals surface area contributed by atoms with Gasteiger partial charge in [-0.1, -0.05) is 6.07 Å². The highest BCUT2D eigenvalue weighted by Crippen LogP contribution is 2.29. The van der Waals surface area contributed by atoms with Crippen LogP contribution in [0.25, 0.3) is 10.9 Å². The number of pyridine rings is 1. The van der Waals surface area contributed by atoms with E-state index in [2.05, 4.69) is 10.2 Å². The molecule has 1 amide bonds. The average molecular weight is 438 g/mol. The monoisotopic (exact) mass is 437 g/mol. The molecule has 0 unspecified atom stereocenters. The van der Waals surface area contributed by atoms with Gasteiger partial charge in [-0.2, -0.15) is 0 Å². The molecule has 4 nitrogen and oxygen atoms in total. The number of alkyl halides is 1. The first-order valence-corrected chi connectivity index (χ1v) is 11.1. The Morgan fingerprint density at radius 2 is 1.78 bits per heavy atom. The lowest BCUT2D eigenvalue weighted by Crippen LogP contribution is -2.40. The fourth-order valence-electron chi connectivity index (χ4n) is 4.13. The number of fused-ring (bicyclic) bond motifs is 1. The third kappa shape index (κ3) is 4.59. The summed E-state index contributed by atoms with van der Waals surface area (Å²) in [4.78, 5) is 19.6. The first-order chi connectivity index (χ1) is 15.1. The van der Waals surface area contributed by atoms with Gasteiger partial charge in [0.05, 0.1) is 11.6 Å². The number of halogens is 2. The third-order valence-electron chi connectivity index (χ3n) is 6.49. The third-order valence-corrected chi connectivity index (χ3v) is 6.49. The summed E-state index contributed by atoms with van der Waals surface area (Å²) in [5.41, 5.74) is 2.51. The lowest BCUT2D eigenvalue weighted by molar-refractivity contribution is 0.0939. The van der Waals surface area contributed by atoms with Crippen LogP contribution in [0.5, 0.6) is 0 Å². The van der Waals surface area contributed by atoms with Crippen molar-refractivity contribution in [3.8, 4) is 0 Å². The largest absolute Gasteiger partial charge is 0.356 e. The number of carbonyl (C=O) groups excluding carboxylic acids is 1. The molecule has 4 rings (SSSR count). The molecule has 0 saturated carbocycles. The summed E-state index contributed by atoms with van der Waals surface area (Å²) in [6, 6.07) is 12.0. The van der Waals surface area contributed by atoms with Crippen molar-refractivity contribution in [2.75, 3.05) is 18.0 Å². The first-order valence-electron chi connectivity index (χ1n) is 11.1. The van der Waals surface area contributed by atoms with Crippen molar-refractivity contribution >= 4 is 22.6 Å². The second-order valence-electron chi connectivity index (χ2n) is 9.13. The van der Waals surface area contributed by atoms with E-state index in [-0.39, 0.29) is 11.7 Å². The van der Waals surface area contributed by atoms with Crippen LogP contribution >= 0.6 is 0 Å². The van der Waals surface area contributed by atoms with Crippen LogP contribution in [-0.2, 0) is 0 Å². The second kappa shape index (κ2) is 8.49. The summed E-state index contributed by atoms with van der Waals surface area (Å²) in [7, 11) is 0. The molecule has 1 aromatic heterocycles. The van der Waals surface area contributed by atoms with Gasteiger partial charge in [-0.05, 0) is 88.1 Å². The molecule has 0 radical (unpaired) electrons. The molecule has 1 fully saturated rings. The van der Waals surface area contributed by atoms with E-state index >= 15 is 0 Å². The highest BCUT2D eigenvalue weighted by Gasteiger charge is 2.30. The Kier molecular flexibility index (Phi) is 5.89. The molecule has 1 N–H and O–H groups in total. The van der Waals surface area contributed by atoms with Crippen LogP contribution in [0.4, 0.5) is 14.6 Å². The number of benzene rings is 2. The fourth-order valence-corrected chi connectivity index (χ4v) is 4.13. The summed E-state index contributed by atoms with van der Waals surface area (Å²) in [5.74, 6) is 0.241. The molecule has 0 aliphatic carbocycles. The van der Waals surface area contributed by atoms with Gasteiger partial charge in [0.2, 0.25) is 0 Å². The smallest absolute Gasteiger partial charge is 0.251 e. The second-order valence-corrected chi connectivity index (χ2v) is 9.13. The number of amides is 1. The van der Waals surface area contributed by atoms with E-state index in [1.54, 1.807) is 32.0 Å². The molecule has 1 saturated heterocycles. The lowest BCUT2D eigenvalue weighted by atomic mass is 9.96. The zero-order valence-corrected chi connectivity index (χ0v) is 19.0. The van der Waals surface area contributed by atoms with Gasteiger partial charge in [-0.3, -0.25) is 4.79 Å². The van der Waals surface area contributed by atoms with Gasteiger partial charge in [-0.15, -0.1) is 0 Å². The fraction of sp³-hybridized carbons (Fsp3) is 0.385. The maximum atomic E-state index is 14.4. The predicted octanol–water partition coefficient (Wildman–Crippen LogP) is 5.81. The molecule has 1 aliphatic heterocycles. The molecule has 3 aromatic rings. The topological polar surface area (TPSA) is 45.2 Å². The summed E-state index contributed by atoms with van der Waals surface area (Å²) >= 11 is 0. The number of rotatable bonds is 4. The standard InChI is InChI=1S/C26H29F2N3O/c1-16-13-21(22(27)14-17(16)2)18(3)29-25(32)20-5-7-23-19(15-20)6-8-24(30-23)31-11-9-26(4,28)10-12-31/h5-8,13-15,18H,9-12H2,1-4H3,(H,29,32)/t18-/m1/s1. The van der Waals surface area contributed by atoms with Crippen LogP contribution in [0.2, 0.25) is 0 Å². The van der Waals surface area contributed by atoms with Gasteiger partial charge >= 0.3 is 0 Å². The predicted molar refractivity (Wildman–Crippen MR) is 124 cm³/mol. The molecule has 6 heteroatoms. The van der Waals surface area contributed by atoms with E-state index in [0.29, 0.717) is 37.1 Å². The van der Waals surface area contributed by atoms with Crippen LogP contribution in [0.1, 0.15) is 59.8 Å². The van der Waals surface area contributed by atoms with Crippen LogP contribution in [0, 0.1) is 19.7 Å². The van der Waals surface area contributed by atoms with E-state index in [0.717, 1.165) is 27.8 Å². The van der Waals surface area contributed by atoms with E-state index in [4.69, 9.17) is 4.98 Å². The van der Waals surface area contributed by atoms with Crippen molar-refractivity contribution in [2.24, 2.45) is 0 Å². The van der Waals surface area contributed by atoms with E-state index in [1.807, 2.05) is 32.0 Å². The normalized spacial score (nSPS) is 16.8. The minimum Gasteiger partial charge on any atom is -0.356 e. The zero-order chi connectivity index (χ0) is 23.0. The van der Waals surface area contributed by atoms with Crippen LogP contribution in [0.15, 0.2) is 42.5 Å². The summed E-state index contributed by atoms with van der Waals surface area (Å²) < 4.78 is 28.5. The number of carbonyl (C=O) groups is 1. The molecule has 32 heavy (non-hydrogen) atoms. The lowest BCUT2D eigenvalue weighted by Gasteiger charge is -2.34. The Morgan fingerprint density at radius 3 is 2.50 bits per heavy atom. The van der Waals surface area contributed by atoms with Crippen LogP contribution in [-0.4, -0.2) is 29.6 Å². The average Bonchev–Trinajstić information content (AvgIpc) is 2.75. The Hall–Kier alpha value is -3.02. The number of hydrogen-bond donors (Lipinski definition) is 1. The number of aryl methyl sites for hydroxylation is 2. The SMILES string of the molecule is Cc1cc(F)c([C@@H](C)NC(=O)c2ccc3nc(N4CCC(C)(F)CC4)ccc3c2)cc1C. The van der Waals surface area contributed by atoms with Gasteiger partial charge in [0, 0.05) is 29.6 Å². The minimum atomic E-state index is -1.10. The number of nitrogens with zero attached hydrogens (tertiary/aromatic N) is 2. The Morgan fingerprint density at radius 1 is 1.09 bits per heavy atom. The molecule has 2 heterocycles. The van der Waals surface area contributed by atoms with Crippen molar-refractivity contribution in [3.05, 3.63) is 70.5 Å². The molecule has 0 spiro atoms. The highest BCUT2D eigenvalue weighted by atomic mass is 19.1. The van der Waals surface area contributed by atoms with Crippen molar-refractivity contribution in [2.45, 2.75) is 52.2 Å². The number of piperidine rings is 1. The summed E-state index contributed by atoms with van der Waals surface area (Å²) in [6.45, 7) is 8.50. The van der Waals surface area contributed by atoms with Crippen molar-refractivity contribution in [1.29, 1.82) is 0 Å². The Labute approximate surface area is 187 Å². The van der Waals surface area contributed by atoms with Gasteiger partial charge < -0.3 is 10.2 Å². The summed E-state index contributed by atoms with van der Waals surface area (Å²) in [6.07, 6.45) is 0.982. The van der Waals surface area contributed by atoms with Crippen LogP contribution in [0.3, 0.4) is 0 Å². The highest BCUT2D eigenvalue weighted by molar-refractivity contribution is 5.98. The molecule has 1 aliphatic rings. The molecular weight excluding hydrogens is 408 g/mol. The van der Waals surface area contributed by atoms with E-state index in [1.165, 1.54) is 6.07 Å². The number of anilines is 1. The van der Waals surface area contributed by atoms with Gasteiger partial charge in [-0.25, -0.2) is 13.8 Å². The van der Waals surface area contributed by atoms with Crippen LogP contribution < -0.4 is 10.2 Å². The van der Waals surface area contributed by atoms with Crippen molar-refractivity contribution in [3.63, 3.8) is 0 Å². The molecule has 168 valence electrons. The van der Waals surface area contributed by atoms with E-state index in [9.17, 15) is 13.6 Å². The molecular formula is C26H29F2N3O. The van der Waals surface area contributed by atoms with Crippen molar-refractivity contribution < 1.29 is 13.6 Å². The summed E-state index contributed by atoms with van der Waals surface area (Å²) in [5, 5.41) is 3.74. The zero-order valence-electron chi connectivity index (χ0n) is 19.0. The Bertz CT molecular complexity index is 1170. The molecule has 0 bridgehead atoms. The van der Waals surface area contributed by atoms with Gasteiger partial charge in [0.15, 0.2) is 0 Å². The Balaban J connectivity index is 1.50. The van der Waals surface area contributed by atoms with Crippen molar-refractivity contribution in [1.82, 2.24) is 10.3 Å². The van der Waals surface area contributed by atoms with Gasteiger partial charge in [0.25, 0.3) is 5.91 Å². The number of nitrogens with one attached hydrogen (secondary N) is 1.